The van der Waals surface area contributed by atoms with E-state index in [2.05, 4.69) is 14.9 Å². The van der Waals surface area contributed by atoms with Crippen LogP contribution in [0.4, 0.5) is 11.6 Å². The molecule has 0 N–H and O–H groups in total. The van der Waals surface area contributed by atoms with Crippen molar-refractivity contribution >= 4 is 23.5 Å². The lowest BCUT2D eigenvalue weighted by atomic mass is 10.2. The lowest BCUT2D eigenvalue weighted by molar-refractivity contribution is -0.131. The summed E-state index contributed by atoms with van der Waals surface area (Å²) < 4.78 is 5.14. The molecule has 1 aliphatic heterocycles. The zero-order valence-corrected chi connectivity index (χ0v) is 15.5. The number of piperazine rings is 1. The van der Waals surface area contributed by atoms with E-state index in [0.29, 0.717) is 43.6 Å². The van der Waals surface area contributed by atoms with E-state index in [-0.39, 0.29) is 18.4 Å². The van der Waals surface area contributed by atoms with Gasteiger partial charge in [0.25, 0.3) is 0 Å². The van der Waals surface area contributed by atoms with Crippen LogP contribution < -0.4 is 14.5 Å². The van der Waals surface area contributed by atoms with Crippen LogP contribution in [-0.4, -0.2) is 66.5 Å². The third-order valence-corrected chi connectivity index (χ3v) is 4.52. The Morgan fingerprint density at radius 3 is 2.26 bits per heavy atom. The number of ether oxygens (including phenoxy) is 1. The summed E-state index contributed by atoms with van der Waals surface area (Å²) in [7, 11) is 1.58. The first-order chi connectivity index (χ1) is 13.1. The second kappa shape index (κ2) is 8.48. The number of benzene rings is 1. The van der Waals surface area contributed by atoms with Gasteiger partial charge >= 0.3 is 0 Å². The molecule has 8 heteroatoms. The number of methoxy groups -OCH3 is 1. The van der Waals surface area contributed by atoms with Gasteiger partial charge < -0.3 is 19.4 Å². The largest absolute Gasteiger partial charge is 0.497 e. The molecule has 0 unspecified atom stereocenters. The number of amides is 2. The van der Waals surface area contributed by atoms with Gasteiger partial charge in [-0.3, -0.25) is 9.59 Å². The van der Waals surface area contributed by atoms with Gasteiger partial charge in [0, 0.05) is 51.2 Å². The summed E-state index contributed by atoms with van der Waals surface area (Å²) in [6.07, 6.45) is 3.42. The van der Waals surface area contributed by atoms with Gasteiger partial charge in [-0.15, -0.1) is 0 Å². The van der Waals surface area contributed by atoms with Gasteiger partial charge in [0.15, 0.2) is 0 Å². The van der Waals surface area contributed by atoms with Crippen LogP contribution in [0, 0.1) is 0 Å². The number of aromatic nitrogens is 2. The molecular formula is C19H23N5O3. The smallest absolute Gasteiger partial charge is 0.242 e. The third kappa shape index (κ3) is 4.52. The normalized spacial score (nSPS) is 14.0. The van der Waals surface area contributed by atoms with Crippen molar-refractivity contribution in [1.82, 2.24) is 14.9 Å². The summed E-state index contributed by atoms with van der Waals surface area (Å²) in [6, 6.07) is 8.87. The number of hydrogen-bond donors (Lipinski definition) is 0. The van der Waals surface area contributed by atoms with E-state index in [0.717, 1.165) is 0 Å². The maximum Gasteiger partial charge on any atom is 0.242 e. The summed E-state index contributed by atoms with van der Waals surface area (Å²) in [5.74, 6) is 1.13. The van der Waals surface area contributed by atoms with Gasteiger partial charge in [0.2, 0.25) is 17.8 Å². The molecule has 0 bridgehead atoms. The highest BCUT2D eigenvalue weighted by atomic mass is 16.5. The van der Waals surface area contributed by atoms with Crippen LogP contribution in [0.25, 0.3) is 0 Å². The van der Waals surface area contributed by atoms with Gasteiger partial charge in [-0.2, -0.15) is 0 Å². The molecular weight excluding hydrogens is 346 g/mol. The maximum absolute atomic E-state index is 12.7. The highest BCUT2D eigenvalue weighted by Crippen LogP contribution is 2.20. The lowest BCUT2D eigenvalue weighted by Crippen LogP contribution is -2.52. The van der Waals surface area contributed by atoms with Gasteiger partial charge in [-0.05, 0) is 30.3 Å². The molecule has 1 saturated heterocycles. The molecule has 1 fully saturated rings. The van der Waals surface area contributed by atoms with Crippen molar-refractivity contribution in [3.8, 4) is 5.75 Å². The Labute approximate surface area is 158 Å². The molecule has 1 aliphatic rings. The SMILES string of the molecule is COc1ccc(N(CC(=O)N2CCN(c3ncccn3)CC2)C(C)=O)cc1. The monoisotopic (exact) mass is 369 g/mol. The van der Waals surface area contributed by atoms with Crippen molar-refractivity contribution in [2.75, 3.05) is 49.6 Å². The zero-order valence-electron chi connectivity index (χ0n) is 15.5. The fourth-order valence-corrected chi connectivity index (χ4v) is 2.99. The standard InChI is InChI=1S/C19H23N5O3/c1-15(25)24(16-4-6-17(27-2)7-5-16)14-18(26)22-10-12-23(13-11-22)19-20-8-3-9-21-19/h3-9H,10-14H2,1-2H3. The van der Waals surface area contributed by atoms with E-state index >= 15 is 0 Å². The molecule has 2 amide bonds. The Morgan fingerprint density at radius 1 is 1.07 bits per heavy atom. The molecule has 3 rings (SSSR count). The van der Waals surface area contributed by atoms with Crippen molar-refractivity contribution in [2.24, 2.45) is 0 Å². The van der Waals surface area contributed by atoms with E-state index in [1.54, 1.807) is 54.7 Å². The van der Waals surface area contributed by atoms with E-state index in [1.807, 2.05) is 0 Å². The minimum atomic E-state index is -0.176. The Hall–Kier alpha value is -3.16. The predicted molar refractivity (Wildman–Crippen MR) is 102 cm³/mol. The molecule has 0 radical (unpaired) electrons. The Bertz CT molecular complexity index is 774. The minimum absolute atomic E-state index is 0.0174. The number of anilines is 2. The van der Waals surface area contributed by atoms with Crippen LogP contribution in [0.2, 0.25) is 0 Å². The van der Waals surface area contributed by atoms with Crippen LogP contribution in [0.1, 0.15) is 6.92 Å². The molecule has 0 saturated carbocycles. The van der Waals surface area contributed by atoms with Gasteiger partial charge in [0.1, 0.15) is 12.3 Å². The predicted octanol–water partition coefficient (Wildman–Crippen LogP) is 1.19. The van der Waals surface area contributed by atoms with Gasteiger partial charge in [-0.25, -0.2) is 9.97 Å². The molecule has 2 aromatic rings. The first-order valence-corrected chi connectivity index (χ1v) is 8.80. The van der Waals surface area contributed by atoms with Crippen molar-refractivity contribution in [3.63, 3.8) is 0 Å². The first-order valence-electron chi connectivity index (χ1n) is 8.80. The summed E-state index contributed by atoms with van der Waals surface area (Å²) in [6.45, 7) is 3.96. The van der Waals surface area contributed by atoms with Crippen LogP contribution in [-0.2, 0) is 9.59 Å². The van der Waals surface area contributed by atoms with E-state index in [9.17, 15) is 9.59 Å². The van der Waals surface area contributed by atoms with Crippen LogP contribution >= 0.6 is 0 Å². The Balaban J connectivity index is 1.60. The molecule has 2 heterocycles. The van der Waals surface area contributed by atoms with Crippen molar-refractivity contribution < 1.29 is 14.3 Å². The number of carbonyl (C=O) groups excluding carboxylic acids is 2. The molecule has 0 aliphatic carbocycles. The fourth-order valence-electron chi connectivity index (χ4n) is 2.99. The van der Waals surface area contributed by atoms with Crippen LogP contribution in [0.3, 0.4) is 0 Å². The van der Waals surface area contributed by atoms with Crippen molar-refractivity contribution in [1.29, 1.82) is 0 Å². The number of nitrogens with zero attached hydrogens (tertiary/aromatic N) is 5. The summed E-state index contributed by atoms with van der Waals surface area (Å²) in [5.41, 5.74) is 0.674. The molecule has 27 heavy (non-hydrogen) atoms. The zero-order chi connectivity index (χ0) is 19.2. The highest BCUT2D eigenvalue weighted by Gasteiger charge is 2.25. The van der Waals surface area contributed by atoms with Crippen molar-refractivity contribution in [2.45, 2.75) is 6.92 Å². The van der Waals surface area contributed by atoms with Gasteiger partial charge in [0.05, 0.1) is 7.11 Å². The summed E-state index contributed by atoms with van der Waals surface area (Å²) in [5, 5.41) is 0. The Kier molecular flexibility index (Phi) is 5.85. The molecule has 8 nitrogen and oxygen atoms in total. The van der Waals surface area contributed by atoms with Gasteiger partial charge in [-0.1, -0.05) is 0 Å². The molecule has 1 aromatic heterocycles. The minimum Gasteiger partial charge on any atom is -0.497 e. The topological polar surface area (TPSA) is 78.9 Å². The average Bonchev–Trinajstić information content (AvgIpc) is 2.72. The molecule has 1 aromatic carbocycles. The number of carbonyl (C=O) groups is 2. The average molecular weight is 369 g/mol. The molecule has 142 valence electrons. The second-order valence-corrected chi connectivity index (χ2v) is 6.22. The van der Waals surface area contributed by atoms with Crippen LogP contribution in [0.15, 0.2) is 42.7 Å². The summed E-state index contributed by atoms with van der Waals surface area (Å²) >= 11 is 0. The van der Waals surface area contributed by atoms with Crippen LogP contribution in [0.5, 0.6) is 5.75 Å². The quantitative estimate of drug-likeness (QED) is 0.788. The first kappa shape index (κ1) is 18.6. The number of hydrogen-bond acceptors (Lipinski definition) is 6. The highest BCUT2D eigenvalue weighted by molar-refractivity contribution is 5.97. The van der Waals surface area contributed by atoms with E-state index in [1.165, 1.54) is 11.8 Å². The fraction of sp³-hybridized carbons (Fsp3) is 0.368. The second-order valence-electron chi connectivity index (χ2n) is 6.22. The Morgan fingerprint density at radius 2 is 1.70 bits per heavy atom. The lowest BCUT2D eigenvalue weighted by Gasteiger charge is -2.35. The molecule has 0 spiro atoms. The van der Waals surface area contributed by atoms with Crippen molar-refractivity contribution in [3.05, 3.63) is 42.7 Å². The van der Waals surface area contributed by atoms with E-state index < -0.39 is 0 Å². The number of rotatable bonds is 5. The maximum atomic E-state index is 12.7. The van der Waals surface area contributed by atoms with E-state index in [4.69, 9.17) is 4.74 Å². The summed E-state index contributed by atoms with van der Waals surface area (Å²) in [4.78, 5) is 38.6. The third-order valence-electron chi connectivity index (χ3n) is 4.52. The molecule has 0 atom stereocenters.